The fourth-order valence-corrected chi connectivity index (χ4v) is 4.39. The molecule has 1 unspecified atom stereocenters. The van der Waals surface area contributed by atoms with E-state index in [4.69, 9.17) is 9.47 Å². The number of amides is 2. The molecule has 2 N–H and O–H groups in total. The molecule has 2 aromatic rings. The number of nitrogens with zero attached hydrogens (tertiary/aromatic N) is 1. The molecule has 1 aliphatic rings. The van der Waals surface area contributed by atoms with Crippen LogP contribution in [0.15, 0.2) is 53.1 Å². The van der Waals surface area contributed by atoms with E-state index in [1.54, 1.807) is 19.2 Å². The Bertz CT molecular complexity index is 1060. The number of hydrogen-bond acceptors (Lipinski definition) is 6. The van der Waals surface area contributed by atoms with Gasteiger partial charge in [-0.05, 0) is 64.6 Å². The molecule has 1 aliphatic heterocycles. The number of halogens is 1. The third-order valence-corrected chi connectivity index (χ3v) is 6.38. The molecule has 0 aromatic heterocycles. The molecule has 0 bridgehead atoms. The standard InChI is InChI=1S/C22H20IN3O4S/c1-29-18-8-3-13(9-19(18)30-2)16-10-20(27)26-22(17(16)11-24)31-12-21(28)25-15-6-4-14(23)5-7-15/h3-9,16H,10,12H2,1-2H3,(H,25,28)(H,26,27). The van der Waals surface area contributed by atoms with E-state index in [2.05, 4.69) is 39.3 Å². The average Bonchev–Trinajstić information content (AvgIpc) is 2.78. The van der Waals surface area contributed by atoms with Crippen molar-refractivity contribution in [3.05, 3.63) is 62.2 Å². The molecular formula is C22H20IN3O4S. The number of hydrogen-bond donors (Lipinski definition) is 2. The van der Waals surface area contributed by atoms with E-state index in [1.807, 2.05) is 30.3 Å². The largest absolute Gasteiger partial charge is 0.493 e. The molecule has 31 heavy (non-hydrogen) atoms. The molecule has 160 valence electrons. The summed E-state index contributed by atoms with van der Waals surface area (Å²) in [6.07, 6.45) is 0.136. The number of rotatable bonds is 7. The van der Waals surface area contributed by atoms with Gasteiger partial charge in [0.05, 0.1) is 36.6 Å². The normalized spacial score (nSPS) is 15.7. The molecule has 0 saturated heterocycles. The van der Waals surface area contributed by atoms with Crippen molar-refractivity contribution in [2.45, 2.75) is 12.3 Å². The molecule has 0 fully saturated rings. The first-order valence-electron chi connectivity index (χ1n) is 9.29. The van der Waals surface area contributed by atoms with E-state index in [9.17, 15) is 14.9 Å². The first-order valence-corrected chi connectivity index (χ1v) is 11.4. The minimum Gasteiger partial charge on any atom is -0.493 e. The fraction of sp³-hybridized carbons (Fsp3) is 0.227. The van der Waals surface area contributed by atoms with Gasteiger partial charge in [-0.1, -0.05) is 17.8 Å². The smallest absolute Gasteiger partial charge is 0.234 e. The highest BCUT2D eigenvalue weighted by atomic mass is 127. The Morgan fingerprint density at radius 1 is 1.23 bits per heavy atom. The monoisotopic (exact) mass is 549 g/mol. The van der Waals surface area contributed by atoms with Crippen molar-refractivity contribution in [3.8, 4) is 17.6 Å². The van der Waals surface area contributed by atoms with Gasteiger partial charge in [0.25, 0.3) is 0 Å². The number of carbonyl (C=O) groups excluding carboxylic acids is 2. The summed E-state index contributed by atoms with van der Waals surface area (Å²) >= 11 is 3.33. The maximum Gasteiger partial charge on any atom is 0.234 e. The molecule has 0 spiro atoms. The van der Waals surface area contributed by atoms with E-state index in [-0.39, 0.29) is 24.0 Å². The van der Waals surface area contributed by atoms with Gasteiger partial charge >= 0.3 is 0 Å². The number of anilines is 1. The first-order chi connectivity index (χ1) is 14.9. The number of ether oxygens (including phenoxy) is 2. The summed E-state index contributed by atoms with van der Waals surface area (Å²) in [5.41, 5.74) is 1.88. The summed E-state index contributed by atoms with van der Waals surface area (Å²) in [6.45, 7) is 0. The van der Waals surface area contributed by atoms with Crippen LogP contribution >= 0.6 is 34.4 Å². The summed E-state index contributed by atoms with van der Waals surface area (Å²) in [4.78, 5) is 24.7. The van der Waals surface area contributed by atoms with Gasteiger partial charge in [0, 0.05) is 21.6 Å². The number of benzene rings is 2. The van der Waals surface area contributed by atoms with Gasteiger partial charge in [0.2, 0.25) is 11.8 Å². The Hall–Kier alpha value is -2.71. The van der Waals surface area contributed by atoms with Gasteiger partial charge in [0.1, 0.15) is 0 Å². The number of methoxy groups -OCH3 is 2. The lowest BCUT2D eigenvalue weighted by atomic mass is 9.87. The van der Waals surface area contributed by atoms with Crippen LogP contribution in [0.3, 0.4) is 0 Å². The van der Waals surface area contributed by atoms with Crippen LogP contribution in [0.25, 0.3) is 0 Å². The molecular weight excluding hydrogens is 529 g/mol. The van der Waals surface area contributed by atoms with Gasteiger partial charge in [0.15, 0.2) is 11.5 Å². The molecule has 3 rings (SSSR count). The predicted molar refractivity (Wildman–Crippen MR) is 128 cm³/mol. The highest BCUT2D eigenvalue weighted by Crippen LogP contribution is 2.39. The SMILES string of the molecule is COc1ccc(C2CC(=O)NC(SCC(=O)Nc3ccc(I)cc3)=C2C#N)cc1OC. The first kappa shape index (κ1) is 23.0. The van der Waals surface area contributed by atoms with Crippen LogP contribution in [0, 0.1) is 14.9 Å². The number of allylic oxidation sites excluding steroid dienone is 1. The van der Waals surface area contributed by atoms with E-state index in [0.717, 1.165) is 20.9 Å². The minimum atomic E-state index is -0.430. The molecule has 0 saturated carbocycles. The van der Waals surface area contributed by atoms with Crippen molar-refractivity contribution in [2.75, 3.05) is 25.3 Å². The minimum absolute atomic E-state index is 0.0609. The van der Waals surface area contributed by atoms with Gasteiger partial charge in [-0.3, -0.25) is 9.59 Å². The highest BCUT2D eigenvalue weighted by molar-refractivity contribution is 14.1. The van der Waals surface area contributed by atoms with Crippen molar-refractivity contribution < 1.29 is 19.1 Å². The Morgan fingerprint density at radius 3 is 2.58 bits per heavy atom. The predicted octanol–water partition coefficient (Wildman–Crippen LogP) is 4.02. The zero-order valence-corrected chi connectivity index (χ0v) is 19.9. The van der Waals surface area contributed by atoms with E-state index >= 15 is 0 Å². The van der Waals surface area contributed by atoms with Crippen LogP contribution in [0.1, 0.15) is 17.9 Å². The van der Waals surface area contributed by atoms with Crippen LogP contribution in [-0.2, 0) is 9.59 Å². The quantitative estimate of drug-likeness (QED) is 0.507. The maximum absolute atomic E-state index is 12.3. The average molecular weight is 549 g/mol. The van der Waals surface area contributed by atoms with Crippen LogP contribution in [0.4, 0.5) is 5.69 Å². The van der Waals surface area contributed by atoms with Crippen LogP contribution in [0.5, 0.6) is 11.5 Å². The Balaban J connectivity index is 1.79. The molecule has 7 nitrogen and oxygen atoms in total. The van der Waals surface area contributed by atoms with Gasteiger partial charge in [-0.15, -0.1) is 0 Å². The van der Waals surface area contributed by atoms with Crippen molar-refractivity contribution in [1.82, 2.24) is 5.32 Å². The van der Waals surface area contributed by atoms with Crippen LogP contribution in [0.2, 0.25) is 0 Å². The third kappa shape index (κ3) is 5.71. The Kier molecular flexibility index (Phi) is 7.81. The molecule has 0 aliphatic carbocycles. The molecule has 0 radical (unpaired) electrons. The van der Waals surface area contributed by atoms with Gasteiger partial charge in [-0.25, -0.2) is 0 Å². The van der Waals surface area contributed by atoms with Crippen LogP contribution < -0.4 is 20.1 Å². The lowest BCUT2D eigenvalue weighted by molar-refractivity contribution is -0.121. The molecule has 1 atom stereocenters. The van der Waals surface area contributed by atoms with E-state index in [0.29, 0.717) is 27.8 Å². The summed E-state index contributed by atoms with van der Waals surface area (Å²) in [6, 6.07) is 15.0. The summed E-state index contributed by atoms with van der Waals surface area (Å²) in [7, 11) is 3.08. The molecule has 2 aromatic carbocycles. The summed E-state index contributed by atoms with van der Waals surface area (Å²) in [5, 5.41) is 15.8. The van der Waals surface area contributed by atoms with Crippen molar-refractivity contribution in [1.29, 1.82) is 5.26 Å². The second-order valence-electron chi connectivity index (χ2n) is 6.62. The van der Waals surface area contributed by atoms with Gasteiger partial charge in [-0.2, -0.15) is 5.26 Å². The second kappa shape index (κ2) is 10.5. The van der Waals surface area contributed by atoms with Crippen LogP contribution in [-0.4, -0.2) is 31.8 Å². The fourth-order valence-electron chi connectivity index (χ4n) is 3.16. The zero-order valence-electron chi connectivity index (χ0n) is 16.9. The topological polar surface area (TPSA) is 100 Å². The van der Waals surface area contributed by atoms with Crippen molar-refractivity contribution in [3.63, 3.8) is 0 Å². The summed E-state index contributed by atoms with van der Waals surface area (Å²) < 4.78 is 11.7. The Labute approximate surface area is 198 Å². The lowest BCUT2D eigenvalue weighted by Crippen LogP contribution is -2.31. The van der Waals surface area contributed by atoms with Crippen molar-refractivity contribution >= 4 is 51.9 Å². The van der Waals surface area contributed by atoms with Crippen molar-refractivity contribution in [2.24, 2.45) is 0 Å². The molecule has 9 heteroatoms. The number of nitrogens with one attached hydrogen (secondary N) is 2. The molecule has 2 amide bonds. The number of nitriles is 1. The highest BCUT2D eigenvalue weighted by Gasteiger charge is 2.30. The molecule has 1 heterocycles. The summed E-state index contributed by atoms with van der Waals surface area (Å²) in [5.74, 6) is 0.286. The Morgan fingerprint density at radius 2 is 1.94 bits per heavy atom. The second-order valence-corrected chi connectivity index (χ2v) is 8.85. The zero-order chi connectivity index (χ0) is 22.4. The number of thioether (sulfide) groups is 1. The lowest BCUT2D eigenvalue weighted by Gasteiger charge is -2.25. The number of carbonyl (C=O) groups is 2. The maximum atomic E-state index is 12.3. The van der Waals surface area contributed by atoms with E-state index in [1.165, 1.54) is 7.11 Å². The third-order valence-electron chi connectivity index (χ3n) is 4.64. The van der Waals surface area contributed by atoms with E-state index < -0.39 is 5.92 Å². The van der Waals surface area contributed by atoms with Gasteiger partial charge < -0.3 is 20.1 Å².